The van der Waals surface area contributed by atoms with Crippen molar-refractivity contribution >= 4 is 68.1 Å². The number of nitrogens with two attached hydrogens (primary N) is 1. The number of anilines is 1. The number of thioether (sulfide) groups is 1. The Morgan fingerprint density at radius 3 is 2.91 bits per heavy atom. The molecule has 3 aromatic rings. The van der Waals surface area contributed by atoms with Gasteiger partial charge in [0.15, 0.2) is 5.13 Å². The Kier molecular flexibility index (Phi) is 5.94. The number of carbonyl (C=O) groups excluding carboxylic acids is 3. The predicted octanol–water partition coefficient (Wildman–Crippen LogP) is -1.51. The predicted molar refractivity (Wildman–Crippen MR) is 125 cm³/mol. The molecular formula is C19H18N8O5S3. The molecule has 2 aliphatic heterocycles. The van der Waals surface area contributed by atoms with Crippen LogP contribution in [0.15, 0.2) is 34.3 Å². The van der Waals surface area contributed by atoms with Crippen molar-refractivity contribution in [3.8, 4) is 0 Å². The zero-order valence-electron chi connectivity index (χ0n) is 18.3. The molecule has 182 valence electrons. The minimum atomic E-state index is -1.44. The summed E-state index contributed by atoms with van der Waals surface area (Å²) in [6.45, 7) is 2.27. The second-order valence-corrected chi connectivity index (χ2v) is 10.5. The second kappa shape index (κ2) is 8.94. The molecule has 0 aliphatic carbocycles. The van der Waals surface area contributed by atoms with Crippen LogP contribution in [0.3, 0.4) is 0 Å². The van der Waals surface area contributed by atoms with Gasteiger partial charge in [-0.05, 0) is 6.92 Å². The van der Waals surface area contributed by atoms with Gasteiger partial charge in [-0.1, -0.05) is 16.5 Å². The number of imidazole rings is 1. The van der Waals surface area contributed by atoms with Crippen molar-refractivity contribution in [3.63, 3.8) is 0 Å². The smallest absolute Gasteiger partial charge is 0.278 e. The van der Waals surface area contributed by atoms with Gasteiger partial charge in [0.05, 0.1) is 11.7 Å². The molecular weight excluding hydrogens is 516 g/mol. The Morgan fingerprint density at radius 2 is 2.26 bits per heavy atom. The number of nitrogens with one attached hydrogen (secondary N) is 1. The van der Waals surface area contributed by atoms with E-state index in [1.165, 1.54) is 23.8 Å². The minimum absolute atomic E-state index is 0.0379. The van der Waals surface area contributed by atoms with Crippen molar-refractivity contribution in [2.45, 2.75) is 24.9 Å². The zero-order valence-corrected chi connectivity index (χ0v) is 20.8. The summed E-state index contributed by atoms with van der Waals surface area (Å²) in [6, 6.07) is -0.962. The SMILES string of the molecule is CO/N=C(\C(=O)N[C@@H]1C(=O)N2C(C(=O)[O-])=C(C[n+]3cc4scc(C)n4c3)CS[C@H]12)c1nsc(N)n1. The number of carboxylic acid groups (broad SMARTS) is 1. The van der Waals surface area contributed by atoms with Crippen LogP contribution in [0.1, 0.15) is 11.5 Å². The highest BCUT2D eigenvalue weighted by Crippen LogP contribution is 2.40. The van der Waals surface area contributed by atoms with Crippen LogP contribution >= 0.6 is 34.6 Å². The fraction of sp³-hybridized carbons (Fsp3) is 0.316. The number of aliphatic carboxylic acids is 1. The number of carboxylic acids is 1. The van der Waals surface area contributed by atoms with Crippen LogP contribution in [-0.4, -0.2) is 66.4 Å². The van der Waals surface area contributed by atoms with E-state index in [0.717, 1.165) is 22.1 Å². The molecule has 0 saturated carbocycles. The number of amides is 2. The molecule has 0 spiro atoms. The molecule has 0 aromatic carbocycles. The standard InChI is InChI=1S/C19H18N8O5S3/c1-8-5-33-10-4-25(7-26(8)10)3-9-6-34-17-12(16(29)27(17)13(9)18(30)31)21-15(28)11(23-32-2)14-22-19(20)35-24-14/h4-5,7,12,17H,3,6H2,1-2H3,(H3-,20,21,22,24,28,30,31)/b23-11-/t12-,17-/m1/s1. The van der Waals surface area contributed by atoms with Crippen molar-refractivity contribution < 1.29 is 28.9 Å². The molecule has 2 amide bonds. The van der Waals surface area contributed by atoms with Gasteiger partial charge in [0, 0.05) is 28.2 Å². The first kappa shape index (κ1) is 23.3. The summed E-state index contributed by atoms with van der Waals surface area (Å²) < 4.78 is 7.83. The number of carbonyl (C=O) groups is 3. The topological polar surface area (TPSA) is 171 Å². The number of nitrogen functional groups attached to an aromatic ring is 1. The van der Waals surface area contributed by atoms with E-state index in [0.29, 0.717) is 17.9 Å². The number of hydrogen-bond acceptors (Lipinski definition) is 12. The molecule has 0 bridgehead atoms. The summed E-state index contributed by atoms with van der Waals surface area (Å²) in [5, 5.41) is 19.8. The largest absolute Gasteiger partial charge is 0.543 e. The number of aromatic nitrogens is 4. The van der Waals surface area contributed by atoms with Crippen molar-refractivity contribution in [1.82, 2.24) is 24.0 Å². The van der Waals surface area contributed by atoms with Gasteiger partial charge in [0.1, 0.15) is 37.0 Å². The van der Waals surface area contributed by atoms with E-state index in [1.807, 2.05) is 33.8 Å². The summed E-state index contributed by atoms with van der Waals surface area (Å²) in [6.07, 6.45) is 3.81. The lowest BCUT2D eigenvalue weighted by Gasteiger charge is -2.50. The number of thiazole rings is 1. The van der Waals surface area contributed by atoms with Gasteiger partial charge in [-0.3, -0.25) is 14.5 Å². The Balaban J connectivity index is 1.36. The molecule has 13 nitrogen and oxygen atoms in total. The van der Waals surface area contributed by atoms with Crippen molar-refractivity contribution in [1.29, 1.82) is 0 Å². The number of fused-ring (bicyclic) bond motifs is 2. The van der Waals surface area contributed by atoms with Gasteiger partial charge in [-0.15, -0.1) is 11.8 Å². The number of aryl methyl sites for hydroxylation is 1. The molecule has 5 rings (SSSR count). The maximum Gasteiger partial charge on any atom is 0.278 e. The first-order chi connectivity index (χ1) is 16.8. The summed E-state index contributed by atoms with van der Waals surface area (Å²) in [7, 11) is 1.25. The summed E-state index contributed by atoms with van der Waals surface area (Å²) in [4.78, 5) is 48.6. The first-order valence-electron chi connectivity index (χ1n) is 10.1. The quantitative estimate of drug-likeness (QED) is 0.158. The van der Waals surface area contributed by atoms with Gasteiger partial charge < -0.3 is 25.8 Å². The van der Waals surface area contributed by atoms with Crippen LogP contribution in [0.25, 0.3) is 4.83 Å². The highest BCUT2D eigenvalue weighted by molar-refractivity contribution is 8.00. The summed E-state index contributed by atoms with van der Waals surface area (Å²) in [5.74, 6) is -2.43. The van der Waals surface area contributed by atoms with E-state index < -0.39 is 29.2 Å². The Labute approximate surface area is 210 Å². The van der Waals surface area contributed by atoms with Crippen LogP contribution in [0.4, 0.5) is 5.13 Å². The number of nitrogens with zero attached hydrogens (tertiary/aromatic N) is 6. The lowest BCUT2D eigenvalue weighted by molar-refractivity contribution is -0.687. The fourth-order valence-electron chi connectivity index (χ4n) is 3.91. The average molecular weight is 535 g/mol. The zero-order chi connectivity index (χ0) is 24.9. The van der Waals surface area contributed by atoms with Gasteiger partial charge in [-0.2, -0.15) is 13.8 Å². The lowest BCUT2D eigenvalue weighted by Crippen LogP contribution is -2.71. The van der Waals surface area contributed by atoms with Crippen molar-refractivity contribution in [2.75, 3.05) is 18.6 Å². The second-order valence-electron chi connectivity index (χ2n) is 7.68. The highest BCUT2D eigenvalue weighted by atomic mass is 32.2. The van der Waals surface area contributed by atoms with Crippen LogP contribution < -0.4 is 20.7 Å². The molecule has 35 heavy (non-hydrogen) atoms. The Morgan fingerprint density at radius 1 is 1.46 bits per heavy atom. The van der Waals surface area contributed by atoms with E-state index in [9.17, 15) is 19.5 Å². The number of rotatable bonds is 7. The Hall–Kier alpha value is -3.50. The summed E-state index contributed by atoms with van der Waals surface area (Å²) in [5.41, 5.74) is 6.79. The van der Waals surface area contributed by atoms with Crippen LogP contribution in [0.2, 0.25) is 0 Å². The van der Waals surface area contributed by atoms with Crippen LogP contribution in [0, 0.1) is 6.92 Å². The molecule has 5 heterocycles. The monoisotopic (exact) mass is 534 g/mol. The Bertz CT molecular complexity index is 1420. The molecule has 1 fully saturated rings. The van der Waals surface area contributed by atoms with E-state index in [4.69, 9.17) is 10.6 Å². The van der Waals surface area contributed by atoms with Crippen LogP contribution in [0.5, 0.6) is 0 Å². The van der Waals surface area contributed by atoms with E-state index in [-0.39, 0.29) is 22.4 Å². The maximum atomic E-state index is 13.0. The summed E-state index contributed by atoms with van der Waals surface area (Å²) >= 11 is 3.82. The fourth-order valence-corrected chi connectivity index (χ4v) is 6.59. The molecule has 1 saturated heterocycles. The number of hydrogen-bond donors (Lipinski definition) is 2. The molecule has 3 aromatic heterocycles. The maximum absolute atomic E-state index is 13.0. The molecule has 0 unspecified atom stereocenters. The van der Waals surface area contributed by atoms with E-state index in [1.54, 1.807) is 11.3 Å². The molecule has 3 N–H and O–H groups in total. The average Bonchev–Trinajstić information content (AvgIpc) is 3.52. The van der Waals surface area contributed by atoms with Crippen molar-refractivity contribution in [3.05, 3.63) is 40.7 Å². The lowest BCUT2D eigenvalue weighted by atomic mass is 10.0. The molecule has 0 radical (unpaired) electrons. The third-order valence-corrected chi connectivity index (χ3v) is 8.34. The minimum Gasteiger partial charge on any atom is -0.543 e. The third-order valence-electron chi connectivity index (χ3n) is 5.46. The highest BCUT2D eigenvalue weighted by Gasteiger charge is 2.53. The van der Waals surface area contributed by atoms with Gasteiger partial charge in [0.25, 0.3) is 11.8 Å². The van der Waals surface area contributed by atoms with Crippen LogP contribution in [-0.2, 0) is 25.8 Å². The van der Waals surface area contributed by atoms with Gasteiger partial charge in [0.2, 0.25) is 22.7 Å². The normalized spacial score (nSPS) is 20.1. The van der Waals surface area contributed by atoms with Gasteiger partial charge in [-0.25, -0.2) is 4.57 Å². The van der Waals surface area contributed by atoms with E-state index >= 15 is 0 Å². The molecule has 16 heteroatoms. The molecule has 2 atom stereocenters. The number of β-lactam (4-membered cyclic amide) rings is 1. The van der Waals surface area contributed by atoms with E-state index in [2.05, 4.69) is 19.8 Å². The first-order valence-corrected chi connectivity index (χ1v) is 12.8. The third kappa shape index (κ3) is 4.02. The van der Waals surface area contributed by atoms with Crippen molar-refractivity contribution in [2.24, 2.45) is 5.16 Å². The van der Waals surface area contributed by atoms with Gasteiger partial charge >= 0.3 is 0 Å². The number of oxime groups is 1. The molecule has 2 aliphatic rings.